The summed E-state index contributed by atoms with van der Waals surface area (Å²) in [5.41, 5.74) is 0. The van der Waals surface area contributed by atoms with Crippen molar-refractivity contribution in [1.82, 2.24) is 0 Å². The number of fused-ring (bicyclic) bond motifs is 2. The van der Waals surface area contributed by atoms with Gasteiger partial charge in [-0.25, -0.2) is 0 Å². The van der Waals surface area contributed by atoms with E-state index in [2.05, 4.69) is 11.8 Å². The summed E-state index contributed by atoms with van der Waals surface area (Å²) in [5.74, 6) is 0.701. The average Bonchev–Trinajstić information content (AvgIpc) is 2.17. The Morgan fingerprint density at radius 3 is 2.50 bits per heavy atom. The molecule has 2 aliphatic heterocycles. The van der Waals surface area contributed by atoms with E-state index < -0.39 is 0 Å². The maximum absolute atomic E-state index is 11.7. The smallest absolute Gasteiger partial charge is 0.158 e. The molecule has 0 amide bonds. The molecule has 0 saturated carbocycles. The highest BCUT2D eigenvalue weighted by atomic mass is 32.2. The molecular formula is C12H18OS. The van der Waals surface area contributed by atoms with E-state index in [0.717, 1.165) is 23.3 Å². The van der Waals surface area contributed by atoms with Crippen molar-refractivity contribution in [3.63, 3.8) is 0 Å². The minimum atomic E-state index is 0.336. The molecule has 2 fully saturated rings. The van der Waals surface area contributed by atoms with Crippen molar-refractivity contribution in [2.24, 2.45) is 5.92 Å². The molecule has 2 atom stereocenters. The van der Waals surface area contributed by atoms with Gasteiger partial charge in [0, 0.05) is 16.4 Å². The Kier molecular flexibility index (Phi) is 3.32. The highest BCUT2D eigenvalue weighted by Crippen LogP contribution is 2.44. The summed E-state index contributed by atoms with van der Waals surface area (Å²) >= 11 is 2.14. The maximum atomic E-state index is 11.7. The van der Waals surface area contributed by atoms with Crippen molar-refractivity contribution in [2.45, 2.75) is 49.5 Å². The van der Waals surface area contributed by atoms with Crippen molar-refractivity contribution in [3.8, 4) is 0 Å². The van der Waals surface area contributed by atoms with Crippen LogP contribution in [0.2, 0.25) is 0 Å². The Morgan fingerprint density at radius 1 is 1.29 bits per heavy atom. The summed E-state index contributed by atoms with van der Waals surface area (Å²) < 4.78 is 0. The van der Waals surface area contributed by atoms with Crippen LogP contribution in [-0.4, -0.2) is 16.3 Å². The van der Waals surface area contributed by atoms with Gasteiger partial charge in [0.25, 0.3) is 0 Å². The molecule has 2 rings (SSSR count). The number of thioether (sulfide) groups is 1. The molecule has 0 aromatic heterocycles. The fraction of sp³-hybridized carbons (Fsp3) is 0.750. The Hall–Kier alpha value is -0.240. The monoisotopic (exact) mass is 210 g/mol. The molecular weight excluding hydrogens is 192 g/mol. The van der Waals surface area contributed by atoms with Gasteiger partial charge in [-0.1, -0.05) is 12.5 Å². The van der Waals surface area contributed by atoms with Crippen molar-refractivity contribution < 1.29 is 4.79 Å². The van der Waals surface area contributed by atoms with Crippen molar-refractivity contribution in [3.05, 3.63) is 12.2 Å². The second-order valence-electron chi connectivity index (χ2n) is 4.38. The molecule has 2 heterocycles. The van der Waals surface area contributed by atoms with E-state index in [4.69, 9.17) is 0 Å². The summed E-state index contributed by atoms with van der Waals surface area (Å²) in [6.45, 7) is 1.93. The van der Waals surface area contributed by atoms with Crippen LogP contribution in [0.4, 0.5) is 0 Å². The first-order chi connectivity index (χ1) is 6.79. The first kappa shape index (κ1) is 10.3. The summed E-state index contributed by atoms with van der Waals surface area (Å²) in [7, 11) is 0. The van der Waals surface area contributed by atoms with E-state index in [-0.39, 0.29) is 0 Å². The largest absolute Gasteiger partial charge is 0.295 e. The van der Waals surface area contributed by atoms with Gasteiger partial charge in [-0.05, 0) is 38.7 Å². The highest BCUT2D eigenvalue weighted by molar-refractivity contribution is 8.00. The second-order valence-corrected chi connectivity index (χ2v) is 5.99. The van der Waals surface area contributed by atoms with Crippen LogP contribution in [0.15, 0.2) is 12.2 Å². The summed E-state index contributed by atoms with van der Waals surface area (Å²) in [4.78, 5) is 11.7. The van der Waals surface area contributed by atoms with Crippen LogP contribution in [0.5, 0.6) is 0 Å². The van der Waals surface area contributed by atoms with Gasteiger partial charge in [0.2, 0.25) is 0 Å². The molecule has 78 valence electrons. The van der Waals surface area contributed by atoms with E-state index >= 15 is 0 Å². The first-order valence-corrected chi connectivity index (χ1v) is 6.56. The molecule has 14 heavy (non-hydrogen) atoms. The van der Waals surface area contributed by atoms with E-state index in [1.807, 2.05) is 13.0 Å². The molecule has 2 bridgehead atoms. The molecule has 1 nitrogen and oxygen atoms in total. The lowest BCUT2D eigenvalue weighted by molar-refractivity contribution is -0.118. The zero-order chi connectivity index (χ0) is 9.97. The van der Waals surface area contributed by atoms with Crippen LogP contribution in [0.3, 0.4) is 0 Å². The van der Waals surface area contributed by atoms with Gasteiger partial charge in [0.15, 0.2) is 5.78 Å². The summed E-state index contributed by atoms with van der Waals surface area (Å²) in [6.07, 6.45) is 9.94. The Labute approximate surface area is 90.3 Å². The average molecular weight is 210 g/mol. The molecule has 2 aliphatic rings. The Balaban J connectivity index is 1.98. The third-order valence-electron chi connectivity index (χ3n) is 3.27. The van der Waals surface area contributed by atoms with Crippen LogP contribution >= 0.6 is 11.8 Å². The Bertz CT molecular complexity index is 235. The van der Waals surface area contributed by atoms with Gasteiger partial charge in [0.05, 0.1) is 0 Å². The molecule has 0 N–H and O–H groups in total. The second kappa shape index (κ2) is 4.52. The predicted molar refractivity (Wildman–Crippen MR) is 61.6 cm³/mol. The third kappa shape index (κ3) is 2.22. The quantitative estimate of drug-likeness (QED) is 0.651. The van der Waals surface area contributed by atoms with Gasteiger partial charge < -0.3 is 0 Å². The van der Waals surface area contributed by atoms with Gasteiger partial charge in [-0.3, -0.25) is 4.79 Å². The van der Waals surface area contributed by atoms with E-state index in [1.165, 1.54) is 19.3 Å². The van der Waals surface area contributed by atoms with E-state index in [9.17, 15) is 4.79 Å². The lowest BCUT2D eigenvalue weighted by Gasteiger charge is -2.37. The lowest BCUT2D eigenvalue weighted by atomic mass is 9.86. The zero-order valence-electron chi connectivity index (χ0n) is 8.74. The number of rotatable bonds is 2. The van der Waals surface area contributed by atoms with Crippen LogP contribution in [0.25, 0.3) is 0 Å². The van der Waals surface area contributed by atoms with Gasteiger partial charge in [0.1, 0.15) is 0 Å². The molecule has 2 saturated heterocycles. The minimum Gasteiger partial charge on any atom is -0.295 e. The van der Waals surface area contributed by atoms with Gasteiger partial charge >= 0.3 is 0 Å². The number of carbonyl (C=O) groups excluding carboxylic acids is 1. The summed E-state index contributed by atoms with van der Waals surface area (Å²) in [5, 5.41) is 1.56. The fourth-order valence-electron chi connectivity index (χ4n) is 2.59. The zero-order valence-corrected chi connectivity index (χ0v) is 9.56. The lowest BCUT2D eigenvalue weighted by Crippen LogP contribution is -2.32. The van der Waals surface area contributed by atoms with Crippen molar-refractivity contribution >= 4 is 17.5 Å². The van der Waals surface area contributed by atoms with Gasteiger partial charge in [-0.15, -0.1) is 0 Å². The SMILES string of the molecule is C/C=C\C(=O)C1CC2CCCC(C1)S2. The molecule has 2 heteroatoms. The molecule has 0 spiro atoms. The van der Waals surface area contributed by atoms with Crippen LogP contribution in [-0.2, 0) is 4.79 Å². The normalized spacial score (nSPS) is 37.4. The molecule has 0 aliphatic carbocycles. The Morgan fingerprint density at radius 2 is 1.93 bits per heavy atom. The number of hydrogen-bond donors (Lipinski definition) is 0. The van der Waals surface area contributed by atoms with E-state index in [0.29, 0.717) is 11.7 Å². The molecule has 0 radical (unpaired) electrons. The number of carbonyl (C=O) groups is 1. The van der Waals surface area contributed by atoms with Crippen LogP contribution in [0, 0.1) is 5.92 Å². The van der Waals surface area contributed by atoms with Crippen LogP contribution < -0.4 is 0 Å². The maximum Gasteiger partial charge on any atom is 0.158 e. The standard InChI is InChI=1S/C12H18OS/c1-2-4-12(13)9-7-10-5-3-6-11(8-9)14-10/h2,4,9-11H,3,5-8H2,1H3/b4-2-. The molecule has 2 unspecified atom stereocenters. The van der Waals surface area contributed by atoms with Crippen molar-refractivity contribution in [2.75, 3.05) is 0 Å². The minimum absolute atomic E-state index is 0.336. The molecule has 0 aromatic carbocycles. The highest BCUT2D eigenvalue weighted by Gasteiger charge is 2.34. The van der Waals surface area contributed by atoms with E-state index in [1.54, 1.807) is 6.08 Å². The summed E-state index contributed by atoms with van der Waals surface area (Å²) in [6, 6.07) is 0. The van der Waals surface area contributed by atoms with Crippen LogP contribution in [0.1, 0.15) is 39.0 Å². The topological polar surface area (TPSA) is 17.1 Å². The number of ketones is 1. The number of hydrogen-bond acceptors (Lipinski definition) is 2. The van der Waals surface area contributed by atoms with Crippen molar-refractivity contribution in [1.29, 1.82) is 0 Å². The number of allylic oxidation sites excluding steroid dienone is 2. The first-order valence-electron chi connectivity index (χ1n) is 5.61. The molecule has 0 aromatic rings. The predicted octanol–water partition coefficient (Wildman–Crippen LogP) is 3.20. The third-order valence-corrected chi connectivity index (χ3v) is 4.89. The fourth-order valence-corrected chi connectivity index (χ4v) is 4.43. The van der Waals surface area contributed by atoms with Gasteiger partial charge in [-0.2, -0.15) is 11.8 Å².